The van der Waals surface area contributed by atoms with Gasteiger partial charge >= 0.3 is 0 Å². The first kappa shape index (κ1) is 9.67. The molecule has 4 nitrogen and oxygen atoms in total. The van der Waals surface area contributed by atoms with Crippen molar-refractivity contribution in [2.24, 2.45) is 10.9 Å². The van der Waals surface area contributed by atoms with Crippen molar-refractivity contribution in [2.75, 3.05) is 0 Å². The first-order valence-electron chi connectivity index (χ1n) is 3.52. The molecular weight excluding hydrogens is 192 g/mol. The Kier molecular flexibility index (Phi) is 2.97. The van der Waals surface area contributed by atoms with E-state index in [4.69, 9.17) is 17.3 Å². The molecule has 0 saturated carbocycles. The minimum absolute atomic E-state index is 0.451. The predicted molar refractivity (Wildman–Crippen MR) is 49.2 cm³/mol. The number of hydrogen-bond donors (Lipinski definition) is 1. The van der Waals surface area contributed by atoms with Crippen LogP contribution in [0.5, 0.6) is 0 Å². The smallest absolute Gasteiger partial charge is 0.250 e. The second-order valence-corrected chi connectivity index (χ2v) is 2.90. The number of nitroso groups, excluding NO2 is 1. The average Bonchev–Trinajstić information content (AvgIpc) is 2.09. The van der Waals surface area contributed by atoms with Crippen LogP contribution in [0.2, 0.25) is 5.02 Å². The van der Waals surface area contributed by atoms with Crippen molar-refractivity contribution < 1.29 is 4.79 Å². The van der Waals surface area contributed by atoms with Crippen LogP contribution in [-0.2, 0) is 4.79 Å². The Morgan fingerprint density at radius 1 is 1.38 bits per heavy atom. The van der Waals surface area contributed by atoms with Crippen molar-refractivity contribution in [2.45, 2.75) is 6.04 Å². The lowest BCUT2D eigenvalue weighted by Gasteiger charge is -2.03. The summed E-state index contributed by atoms with van der Waals surface area (Å²) >= 11 is 5.61. The van der Waals surface area contributed by atoms with Crippen LogP contribution in [-0.4, -0.2) is 5.91 Å². The quantitative estimate of drug-likeness (QED) is 0.750. The van der Waals surface area contributed by atoms with Gasteiger partial charge in [-0.15, -0.1) is 4.91 Å². The van der Waals surface area contributed by atoms with Crippen molar-refractivity contribution >= 4 is 17.5 Å². The fourth-order valence-electron chi connectivity index (χ4n) is 0.922. The third-order valence-corrected chi connectivity index (χ3v) is 1.81. The van der Waals surface area contributed by atoms with Gasteiger partial charge in [-0.05, 0) is 17.7 Å². The number of primary amides is 1. The highest BCUT2D eigenvalue weighted by Crippen LogP contribution is 2.18. The summed E-state index contributed by atoms with van der Waals surface area (Å²) in [7, 11) is 0. The zero-order chi connectivity index (χ0) is 9.84. The van der Waals surface area contributed by atoms with Gasteiger partial charge in [0.15, 0.2) is 6.04 Å². The van der Waals surface area contributed by atoms with E-state index in [2.05, 4.69) is 5.18 Å². The second kappa shape index (κ2) is 4.00. The van der Waals surface area contributed by atoms with Crippen molar-refractivity contribution in [1.29, 1.82) is 0 Å². The van der Waals surface area contributed by atoms with Gasteiger partial charge < -0.3 is 5.73 Å². The molecule has 0 aliphatic heterocycles. The molecular formula is C8H7ClN2O2. The molecule has 68 valence electrons. The molecule has 0 spiro atoms. The zero-order valence-corrected chi connectivity index (χ0v) is 7.36. The van der Waals surface area contributed by atoms with Crippen LogP contribution >= 0.6 is 11.6 Å². The molecule has 5 heteroatoms. The lowest BCUT2D eigenvalue weighted by molar-refractivity contribution is -0.119. The van der Waals surface area contributed by atoms with Crippen LogP contribution in [0.25, 0.3) is 0 Å². The highest BCUT2D eigenvalue weighted by molar-refractivity contribution is 6.30. The number of amides is 1. The molecule has 1 amide bonds. The SMILES string of the molecule is NC(=O)C(N=O)c1ccc(Cl)cc1. The molecule has 1 rings (SSSR count). The van der Waals surface area contributed by atoms with Gasteiger partial charge in [0.25, 0.3) is 5.91 Å². The van der Waals surface area contributed by atoms with Crippen LogP contribution in [0.3, 0.4) is 0 Å². The number of nitrogens with two attached hydrogens (primary N) is 1. The monoisotopic (exact) mass is 198 g/mol. The van der Waals surface area contributed by atoms with Gasteiger partial charge in [-0.2, -0.15) is 0 Å². The van der Waals surface area contributed by atoms with E-state index in [0.717, 1.165) is 0 Å². The number of benzene rings is 1. The van der Waals surface area contributed by atoms with Gasteiger partial charge in [0, 0.05) is 5.02 Å². The minimum Gasteiger partial charge on any atom is -0.367 e. The topological polar surface area (TPSA) is 72.5 Å². The Labute approximate surface area is 79.7 Å². The molecule has 1 aromatic carbocycles. The summed E-state index contributed by atoms with van der Waals surface area (Å²) in [4.78, 5) is 21.0. The van der Waals surface area contributed by atoms with Crippen LogP contribution in [0.1, 0.15) is 11.6 Å². The number of carbonyl (C=O) groups excluding carboxylic acids is 1. The van der Waals surface area contributed by atoms with E-state index < -0.39 is 11.9 Å². The third kappa shape index (κ3) is 2.26. The summed E-state index contributed by atoms with van der Waals surface area (Å²) < 4.78 is 0. The van der Waals surface area contributed by atoms with Crippen molar-refractivity contribution in [1.82, 2.24) is 0 Å². The van der Waals surface area contributed by atoms with Gasteiger partial charge in [-0.25, -0.2) is 0 Å². The normalized spacial score (nSPS) is 12.1. The summed E-state index contributed by atoms with van der Waals surface area (Å²) in [5.41, 5.74) is 5.40. The van der Waals surface area contributed by atoms with Gasteiger partial charge in [-0.3, -0.25) is 4.79 Å². The predicted octanol–water partition coefficient (Wildman–Crippen LogP) is 1.63. The molecule has 0 aromatic heterocycles. The molecule has 0 bridgehead atoms. The summed E-state index contributed by atoms with van der Waals surface area (Å²) in [6, 6.07) is 5.09. The van der Waals surface area contributed by atoms with E-state index in [1.54, 1.807) is 24.3 Å². The largest absolute Gasteiger partial charge is 0.367 e. The first-order chi connectivity index (χ1) is 6.15. The molecule has 0 aliphatic rings. The van der Waals surface area contributed by atoms with E-state index in [1.807, 2.05) is 0 Å². The maximum absolute atomic E-state index is 10.7. The molecule has 0 fully saturated rings. The summed E-state index contributed by atoms with van der Waals surface area (Å²) in [5.74, 6) is -0.766. The third-order valence-electron chi connectivity index (χ3n) is 1.56. The van der Waals surface area contributed by atoms with Crippen LogP contribution in [0.15, 0.2) is 29.4 Å². The second-order valence-electron chi connectivity index (χ2n) is 2.46. The Morgan fingerprint density at radius 3 is 2.31 bits per heavy atom. The summed E-state index contributed by atoms with van der Waals surface area (Å²) in [5, 5.41) is 3.15. The number of carbonyl (C=O) groups is 1. The fourth-order valence-corrected chi connectivity index (χ4v) is 1.05. The number of nitrogens with zero attached hydrogens (tertiary/aromatic N) is 1. The van der Waals surface area contributed by atoms with Gasteiger partial charge in [0.2, 0.25) is 0 Å². The number of hydrogen-bond acceptors (Lipinski definition) is 3. The zero-order valence-electron chi connectivity index (χ0n) is 6.61. The first-order valence-corrected chi connectivity index (χ1v) is 3.90. The maximum Gasteiger partial charge on any atom is 0.250 e. The Hall–Kier alpha value is -1.42. The standard InChI is InChI=1S/C8H7ClN2O2/c9-6-3-1-5(2-4-6)7(11-13)8(10)12/h1-4,7H,(H2,10,12). The van der Waals surface area contributed by atoms with E-state index >= 15 is 0 Å². The Bertz CT molecular complexity index is 323. The van der Waals surface area contributed by atoms with Crippen LogP contribution in [0, 0.1) is 4.91 Å². The summed E-state index contributed by atoms with van der Waals surface area (Å²) in [6.45, 7) is 0. The highest BCUT2D eigenvalue weighted by Gasteiger charge is 2.17. The van der Waals surface area contributed by atoms with E-state index in [1.165, 1.54) is 0 Å². The van der Waals surface area contributed by atoms with Crippen molar-refractivity contribution in [3.63, 3.8) is 0 Å². The van der Waals surface area contributed by atoms with Gasteiger partial charge in [0.05, 0.1) is 0 Å². The van der Waals surface area contributed by atoms with Crippen LogP contribution in [0.4, 0.5) is 0 Å². The highest BCUT2D eigenvalue weighted by atomic mass is 35.5. The molecule has 1 unspecified atom stereocenters. The van der Waals surface area contributed by atoms with E-state index in [-0.39, 0.29) is 0 Å². The molecule has 0 heterocycles. The molecule has 2 N–H and O–H groups in total. The molecule has 0 saturated heterocycles. The van der Waals surface area contributed by atoms with E-state index in [0.29, 0.717) is 10.6 Å². The minimum atomic E-state index is -1.13. The average molecular weight is 199 g/mol. The summed E-state index contributed by atoms with van der Waals surface area (Å²) in [6.07, 6.45) is 0. The number of halogens is 1. The Morgan fingerprint density at radius 2 is 1.92 bits per heavy atom. The molecule has 1 atom stereocenters. The van der Waals surface area contributed by atoms with Crippen LogP contribution < -0.4 is 5.73 Å². The molecule has 0 aliphatic carbocycles. The molecule has 1 aromatic rings. The lowest BCUT2D eigenvalue weighted by Crippen LogP contribution is -2.19. The Balaban J connectivity index is 2.99. The molecule has 13 heavy (non-hydrogen) atoms. The maximum atomic E-state index is 10.7. The van der Waals surface area contributed by atoms with E-state index in [9.17, 15) is 9.70 Å². The van der Waals surface area contributed by atoms with Gasteiger partial charge in [0.1, 0.15) is 0 Å². The molecule has 0 radical (unpaired) electrons. The van der Waals surface area contributed by atoms with Gasteiger partial charge in [-0.1, -0.05) is 28.9 Å². The number of rotatable bonds is 3. The lowest BCUT2D eigenvalue weighted by atomic mass is 10.1. The van der Waals surface area contributed by atoms with Crippen molar-refractivity contribution in [3.8, 4) is 0 Å². The fraction of sp³-hybridized carbons (Fsp3) is 0.125. The van der Waals surface area contributed by atoms with Crippen molar-refractivity contribution in [3.05, 3.63) is 39.8 Å².